The first-order valence-electron chi connectivity index (χ1n) is 6.88. The molecule has 0 saturated heterocycles. The van der Waals surface area contributed by atoms with Crippen LogP contribution in [-0.2, 0) is 21.3 Å². The molecule has 0 saturated carbocycles. The summed E-state index contributed by atoms with van der Waals surface area (Å²) in [4.78, 5) is 5.11. The molecule has 2 aromatic heterocycles. The second-order valence-corrected chi connectivity index (χ2v) is 8.14. The molecule has 23 heavy (non-hydrogen) atoms. The van der Waals surface area contributed by atoms with Gasteiger partial charge in [-0.25, -0.2) is 17.8 Å². The van der Waals surface area contributed by atoms with Crippen LogP contribution in [0.2, 0.25) is 0 Å². The maximum absolute atomic E-state index is 13.6. The molecule has 0 N–H and O–H groups in total. The second-order valence-electron chi connectivity index (χ2n) is 5.12. The van der Waals surface area contributed by atoms with E-state index >= 15 is 0 Å². The molecular formula is C16H14FNO3S2. The lowest BCUT2D eigenvalue weighted by Gasteiger charge is -2.04. The molecule has 0 atom stereocenters. The zero-order valence-corrected chi connectivity index (χ0v) is 14.0. The molecule has 1 aromatic carbocycles. The fourth-order valence-corrected chi connectivity index (χ4v) is 4.32. The molecule has 2 heterocycles. The molecule has 0 aliphatic heterocycles. The van der Waals surface area contributed by atoms with Crippen molar-refractivity contribution in [2.45, 2.75) is 18.4 Å². The predicted octanol–water partition coefficient (Wildman–Crippen LogP) is 3.97. The van der Waals surface area contributed by atoms with Crippen molar-refractivity contribution in [3.05, 3.63) is 64.6 Å². The van der Waals surface area contributed by atoms with Gasteiger partial charge in [0.25, 0.3) is 0 Å². The lowest BCUT2D eigenvalue weighted by atomic mass is 10.2. The summed E-state index contributed by atoms with van der Waals surface area (Å²) in [6.45, 7) is 1.68. The fourth-order valence-electron chi connectivity index (χ4n) is 2.18. The molecule has 4 nitrogen and oxygen atoms in total. The van der Waals surface area contributed by atoms with E-state index < -0.39 is 15.7 Å². The molecule has 120 valence electrons. The zero-order chi connectivity index (χ0) is 16.4. The van der Waals surface area contributed by atoms with Gasteiger partial charge in [-0.1, -0.05) is 24.3 Å². The van der Waals surface area contributed by atoms with Crippen molar-refractivity contribution < 1.29 is 17.2 Å². The van der Waals surface area contributed by atoms with Crippen molar-refractivity contribution in [2.75, 3.05) is 0 Å². The van der Waals surface area contributed by atoms with Crippen LogP contribution in [0.5, 0.6) is 0 Å². The molecule has 0 aliphatic carbocycles. The topological polar surface area (TPSA) is 60.2 Å². The highest BCUT2D eigenvalue weighted by molar-refractivity contribution is 7.89. The third kappa shape index (κ3) is 3.68. The van der Waals surface area contributed by atoms with E-state index in [2.05, 4.69) is 4.98 Å². The van der Waals surface area contributed by atoms with Gasteiger partial charge in [-0.05, 0) is 24.4 Å². The highest BCUT2D eigenvalue weighted by atomic mass is 32.2. The number of sulfone groups is 1. The number of benzene rings is 1. The van der Waals surface area contributed by atoms with Crippen molar-refractivity contribution in [1.29, 1.82) is 0 Å². The van der Waals surface area contributed by atoms with Gasteiger partial charge in [-0.2, -0.15) is 0 Å². The molecule has 3 rings (SSSR count). The number of oxazole rings is 1. The summed E-state index contributed by atoms with van der Waals surface area (Å²) in [5, 5.41) is 1.89. The third-order valence-electron chi connectivity index (χ3n) is 3.31. The van der Waals surface area contributed by atoms with Crippen molar-refractivity contribution in [1.82, 2.24) is 4.98 Å². The van der Waals surface area contributed by atoms with Crippen molar-refractivity contribution in [3.8, 4) is 10.8 Å². The predicted molar refractivity (Wildman–Crippen MR) is 87.3 cm³/mol. The number of hydrogen-bond donors (Lipinski definition) is 0. The highest BCUT2D eigenvalue weighted by Gasteiger charge is 2.21. The van der Waals surface area contributed by atoms with E-state index in [1.807, 2.05) is 17.5 Å². The minimum Gasteiger partial charge on any atom is -0.440 e. The van der Waals surface area contributed by atoms with Crippen molar-refractivity contribution in [2.24, 2.45) is 0 Å². The number of halogens is 1. The summed E-state index contributed by atoms with van der Waals surface area (Å²) in [5.41, 5.74) is 0.525. The summed E-state index contributed by atoms with van der Waals surface area (Å²) in [6.07, 6.45) is 0. The Bertz CT molecular complexity index is 915. The van der Waals surface area contributed by atoms with E-state index in [0.717, 1.165) is 4.88 Å². The largest absolute Gasteiger partial charge is 0.440 e. The maximum Gasteiger partial charge on any atom is 0.236 e. The van der Waals surface area contributed by atoms with Gasteiger partial charge in [0, 0.05) is 5.56 Å². The molecule has 3 aromatic rings. The average Bonchev–Trinajstić information content (AvgIpc) is 3.11. The maximum atomic E-state index is 13.6. The Morgan fingerprint density at radius 1 is 1.17 bits per heavy atom. The Morgan fingerprint density at radius 2 is 1.96 bits per heavy atom. The second kappa shape index (κ2) is 6.25. The SMILES string of the molecule is Cc1oc(-c2cccs2)nc1CS(=O)(=O)Cc1ccccc1F. The molecule has 7 heteroatoms. The minimum absolute atomic E-state index is 0.159. The van der Waals surface area contributed by atoms with Crippen LogP contribution >= 0.6 is 11.3 Å². The number of thiophene rings is 1. The van der Waals surface area contributed by atoms with Gasteiger partial charge in [0.1, 0.15) is 11.6 Å². The first-order valence-corrected chi connectivity index (χ1v) is 9.59. The van der Waals surface area contributed by atoms with Gasteiger partial charge < -0.3 is 4.42 Å². The van der Waals surface area contributed by atoms with E-state index in [1.54, 1.807) is 13.0 Å². The quantitative estimate of drug-likeness (QED) is 0.698. The van der Waals surface area contributed by atoms with E-state index in [-0.39, 0.29) is 17.1 Å². The van der Waals surface area contributed by atoms with E-state index in [9.17, 15) is 12.8 Å². The molecule has 0 fully saturated rings. The van der Waals surface area contributed by atoms with Crippen LogP contribution < -0.4 is 0 Å². The molecule has 0 bridgehead atoms. The van der Waals surface area contributed by atoms with Crippen LogP contribution in [0.15, 0.2) is 46.2 Å². The minimum atomic E-state index is -3.55. The van der Waals surface area contributed by atoms with Crippen molar-refractivity contribution in [3.63, 3.8) is 0 Å². The Labute approximate surface area is 137 Å². The number of nitrogens with zero attached hydrogens (tertiary/aromatic N) is 1. The van der Waals surface area contributed by atoms with E-state index in [4.69, 9.17) is 4.42 Å². The number of rotatable bonds is 5. The first kappa shape index (κ1) is 15.9. The summed E-state index contributed by atoms with van der Waals surface area (Å²) in [5.74, 6) is -0.283. The highest BCUT2D eigenvalue weighted by Crippen LogP contribution is 2.27. The molecular weight excluding hydrogens is 337 g/mol. The summed E-state index contributed by atoms with van der Waals surface area (Å²) in [6, 6.07) is 9.59. The molecule has 0 radical (unpaired) electrons. The fraction of sp³-hybridized carbons (Fsp3) is 0.188. The molecule has 0 unspecified atom stereocenters. The van der Waals surface area contributed by atoms with Gasteiger partial charge in [0.05, 0.1) is 22.1 Å². The van der Waals surface area contributed by atoms with Gasteiger partial charge in [-0.15, -0.1) is 11.3 Å². The van der Waals surface area contributed by atoms with Crippen LogP contribution in [0.3, 0.4) is 0 Å². The first-order chi connectivity index (χ1) is 10.9. The third-order valence-corrected chi connectivity index (χ3v) is 5.64. The Hall–Kier alpha value is -1.99. The van der Waals surface area contributed by atoms with Crippen LogP contribution in [0.25, 0.3) is 10.8 Å². The van der Waals surface area contributed by atoms with Gasteiger partial charge in [0.2, 0.25) is 5.89 Å². The molecule has 0 aliphatic rings. The number of aromatic nitrogens is 1. The Kier molecular flexibility index (Phi) is 4.32. The number of hydrogen-bond acceptors (Lipinski definition) is 5. The van der Waals surface area contributed by atoms with Gasteiger partial charge in [-0.3, -0.25) is 0 Å². The summed E-state index contributed by atoms with van der Waals surface area (Å²) >= 11 is 1.47. The normalized spacial score (nSPS) is 11.7. The summed E-state index contributed by atoms with van der Waals surface area (Å²) in [7, 11) is -3.55. The number of aryl methyl sites for hydroxylation is 1. The van der Waals surface area contributed by atoms with Crippen LogP contribution in [0.4, 0.5) is 4.39 Å². The van der Waals surface area contributed by atoms with Crippen LogP contribution in [0.1, 0.15) is 17.0 Å². The van der Waals surface area contributed by atoms with Gasteiger partial charge >= 0.3 is 0 Å². The van der Waals surface area contributed by atoms with Gasteiger partial charge in [0.15, 0.2) is 9.84 Å². The standard InChI is InChI=1S/C16H14FNO3S2/c1-11-14(18-16(21-11)15-7-4-8-22-15)10-23(19,20)9-12-5-2-3-6-13(12)17/h2-8H,9-10H2,1H3. The summed E-state index contributed by atoms with van der Waals surface area (Å²) < 4.78 is 43.8. The monoisotopic (exact) mass is 351 g/mol. The van der Waals surface area contributed by atoms with E-state index in [0.29, 0.717) is 17.3 Å². The lowest BCUT2D eigenvalue weighted by molar-refractivity contribution is 0.540. The molecule has 0 amide bonds. The van der Waals surface area contributed by atoms with E-state index in [1.165, 1.54) is 29.5 Å². The lowest BCUT2D eigenvalue weighted by Crippen LogP contribution is -2.09. The Balaban J connectivity index is 1.82. The van der Waals surface area contributed by atoms with Crippen molar-refractivity contribution >= 4 is 21.2 Å². The molecule has 0 spiro atoms. The Morgan fingerprint density at radius 3 is 2.65 bits per heavy atom. The van der Waals surface area contributed by atoms with Crippen LogP contribution in [-0.4, -0.2) is 13.4 Å². The smallest absolute Gasteiger partial charge is 0.236 e. The average molecular weight is 351 g/mol. The zero-order valence-electron chi connectivity index (χ0n) is 12.3. The van der Waals surface area contributed by atoms with Crippen LogP contribution in [0, 0.1) is 12.7 Å².